The molecule has 0 amide bonds. The van der Waals surface area contributed by atoms with Crippen molar-refractivity contribution in [1.82, 2.24) is 4.90 Å². The predicted molar refractivity (Wildman–Crippen MR) is 138 cm³/mol. The summed E-state index contributed by atoms with van der Waals surface area (Å²) >= 11 is 1.52. The standard InChI is InChI=1S/C28H28N2O4S/c1-33-23-9-10-24-25(19-23)35-28(21-11-15-30(32)16-12-21)26(24)27(31)20-5-7-22(8-6-20)34-18-17-29-13-3-2-4-14-29/h5-12,15-16,19H,2-4,13-14,17-18H2,1H3. The van der Waals surface area contributed by atoms with Crippen LogP contribution in [-0.2, 0) is 0 Å². The van der Waals surface area contributed by atoms with E-state index in [1.807, 2.05) is 42.5 Å². The van der Waals surface area contributed by atoms with E-state index in [2.05, 4.69) is 4.90 Å². The van der Waals surface area contributed by atoms with Crippen LogP contribution in [0.2, 0.25) is 0 Å². The Kier molecular flexibility index (Phi) is 6.97. The van der Waals surface area contributed by atoms with Gasteiger partial charge in [-0.2, -0.15) is 4.73 Å². The molecule has 0 N–H and O–H groups in total. The lowest BCUT2D eigenvalue weighted by atomic mass is 9.98. The van der Waals surface area contributed by atoms with Crippen LogP contribution < -0.4 is 14.2 Å². The second-order valence-electron chi connectivity index (χ2n) is 8.72. The van der Waals surface area contributed by atoms with E-state index in [4.69, 9.17) is 9.47 Å². The molecule has 4 aromatic rings. The lowest BCUT2D eigenvalue weighted by Crippen LogP contribution is -2.33. The summed E-state index contributed by atoms with van der Waals surface area (Å²) in [4.78, 5) is 17.0. The Balaban J connectivity index is 1.40. The van der Waals surface area contributed by atoms with E-state index in [1.165, 1.54) is 43.0 Å². The van der Waals surface area contributed by atoms with Crippen molar-refractivity contribution in [2.24, 2.45) is 0 Å². The van der Waals surface area contributed by atoms with Crippen LogP contribution in [0.1, 0.15) is 35.2 Å². The van der Waals surface area contributed by atoms with Crippen molar-refractivity contribution in [2.45, 2.75) is 19.3 Å². The van der Waals surface area contributed by atoms with Gasteiger partial charge in [0.15, 0.2) is 18.2 Å². The summed E-state index contributed by atoms with van der Waals surface area (Å²) in [5.41, 5.74) is 2.06. The van der Waals surface area contributed by atoms with Gasteiger partial charge in [0.2, 0.25) is 0 Å². The fourth-order valence-corrected chi connectivity index (χ4v) is 5.75. The van der Waals surface area contributed by atoms with Gasteiger partial charge in [0.25, 0.3) is 0 Å². The van der Waals surface area contributed by atoms with Crippen molar-refractivity contribution < 1.29 is 19.0 Å². The third-order valence-corrected chi connectivity index (χ3v) is 7.63. The van der Waals surface area contributed by atoms with E-state index in [9.17, 15) is 10.0 Å². The van der Waals surface area contributed by atoms with Gasteiger partial charge in [-0.3, -0.25) is 9.69 Å². The number of carbonyl (C=O) groups is 1. The average molecular weight is 489 g/mol. The van der Waals surface area contributed by atoms with Crippen molar-refractivity contribution in [1.29, 1.82) is 0 Å². The topological polar surface area (TPSA) is 65.7 Å². The molecule has 1 fully saturated rings. The first-order chi connectivity index (χ1) is 17.1. The number of aromatic nitrogens is 1. The Bertz CT molecular complexity index is 1310. The van der Waals surface area contributed by atoms with Crippen LogP contribution in [0.5, 0.6) is 11.5 Å². The van der Waals surface area contributed by atoms with Gasteiger partial charge in [0.1, 0.15) is 18.1 Å². The zero-order valence-electron chi connectivity index (χ0n) is 19.7. The van der Waals surface area contributed by atoms with Crippen LogP contribution in [0.25, 0.3) is 20.5 Å². The van der Waals surface area contributed by atoms with E-state index in [0.717, 1.165) is 56.4 Å². The van der Waals surface area contributed by atoms with E-state index < -0.39 is 0 Å². The number of ketones is 1. The van der Waals surface area contributed by atoms with Gasteiger partial charge in [0, 0.05) is 50.3 Å². The fraction of sp³-hybridized carbons (Fsp3) is 0.286. The first-order valence-electron chi connectivity index (χ1n) is 11.9. The Hall–Kier alpha value is -3.42. The van der Waals surface area contributed by atoms with E-state index in [1.54, 1.807) is 19.2 Å². The number of pyridine rings is 1. The molecule has 0 atom stereocenters. The number of likely N-dealkylation sites (tertiary alicyclic amines) is 1. The number of hydrogen-bond donors (Lipinski definition) is 0. The lowest BCUT2D eigenvalue weighted by molar-refractivity contribution is -0.605. The van der Waals surface area contributed by atoms with Gasteiger partial charge in [-0.15, -0.1) is 11.3 Å². The van der Waals surface area contributed by atoms with E-state index in [0.29, 0.717) is 17.7 Å². The third-order valence-electron chi connectivity index (χ3n) is 6.43. The second-order valence-corrected chi connectivity index (χ2v) is 9.77. The summed E-state index contributed by atoms with van der Waals surface area (Å²) in [6.45, 7) is 3.86. The molecule has 0 unspecified atom stereocenters. The molecule has 0 bridgehead atoms. The van der Waals surface area contributed by atoms with Crippen LogP contribution in [0, 0.1) is 5.21 Å². The van der Waals surface area contributed by atoms with Crippen LogP contribution in [-0.4, -0.2) is 44.0 Å². The molecule has 180 valence electrons. The average Bonchev–Trinajstić information content (AvgIpc) is 3.28. The molecule has 5 rings (SSSR count). The number of methoxy groups -OCH3 is 1. The van der Waals surface area contributed by atoms with Crippen LogP contribution in [0.15, 0.2) is 67.0 Å². The number of rotatable bonds is 8. The number of nitrogens with zero attached hydrogens (tertiary/aromatic N) is 2. The Morgan fingerprint density at radius 3 is 2.43 bits per heavy atom. The predicted octanol–water partition coefficient (Wildman–Crippen LogP) is 5.31. The summed E-state index contributed by atoms with van der Waals surface area (Å²) in [5.74, 6) is 1.44. The highest BCUT2D eigenvalue weighted by molar-refractivity contribution is 7.22. The number of ether oxygens (including phenoxy) is 2. The molecule has 0 radical (unpaired) electrons. The molecule has 0 spiro atoms. The third kappa shape index (κ3) is 5.16. The van der Waals surface area contributed by atoms with Crippen molar-refractivity contribution in [3.63, 3.8) is 0 Å². The second kappa shape index (κ2) is 10.5. The molecule has 7 heteroatoms. The zero-order chi connectivity index (χ0) is 24.2. The van der Waals surface area contributed by atoms with Crippen molar-refractivity contribution in [3.05, 3.63) is 83.3 Å². The molecule has 0 saturated carbocycles. The molecule has 2 aromatic carbocycles. The molecule has 6 nitrogen and oxygen atoms in total. The Morgan fingerprint density at radius 1 is 1.00 bits per heavy atom. The quantitative estimate of drug-likeness (QED) is 0.191. The minimum atomic E-state index is -0.0601. The summed E-state index contributed by atoms with van der Waals surface area (Å²) in [7, 11) is 1.63. The normalized spacial score (nSPS) is 14.2. The van der Waals surface area contributed by atoms with Crippen LogP contribution in [0.3, 0.4) is 0 Å². The van der Waals surface area contributed by atoms with Gasteiger partial charge in [-0.05, 0) is 68.4 Å². The number of benzene rings is 2. The van der Waals surface area contributed by atoms with E-state index in [-0.39, 0.29) is 5.78 Å². The molecule has 1 aliphatic heterocycles. The van der Waals surface area contributed by atoms with Crippen LogP contribution in [0.4, 0.5) is 0 Å². The Labute approximate surface area is 208 Å². The number of piperidine rings is 1. The van der Waals surface area contributed by atoms with Crippen molar-refractivity contribution in [3.8, 4) is 21.9 Å². The molecular formula is C28H28N2O4S. The maximum Gasteiger partial charge on any atom is 0.195 e. The Morgan fingerprint density at radius 2 is 1.71 bits per heavy atom. The first kappa shape index (κ1) is 23.3. The number of carbonyl (C=O) groups excluding carboxylic acids is 1. The fourth-order valence-electron chi connectivity index (χ4n) is 4.52. The molecule has 1 aliphatic rings. The molecule has 0 aliphatic carbocycles. The summed E-state index contributed by atoms with van der Waals surface area (Å²) in [6.07, 6.45) is 6.75. The number of thiophene rings is 1. The highest BCUT2D eigenvalue weighted by Crippen LogP contribution is 2.41. The highest BCUT2D eigenvalue weighted by atomic mass is 32.1. The van der Waals surface area contributed by atoms with Crippen molar-refractivity contribution in [2.75, 3.05) is 33.4 Å². The molecule has 2 aromatic heterocycles. The molecule has 1 saturated heterocycles. The van der Waals surface area contributed by atoms with Crippen molar-refractivity contribution >= 4 is 27.2 Å². The first-order valence-corrected chi connectivity index (χ1v) is 12.7. The summed E-state index contributed by atoms with van der Waals surface area (Å²) < 4.78 is 13.0. The van der Waals surface area contributed by atoms with Gasteiger partial charge >= 0.3 is 0 Å². The van der Waals surface area contributed by atoms with Crippen LogP contribution >= 0.6 is 11.3 Å². The van der Waals surface area contributed by atoms with E-state index >= 15 is 0 Å². The minimum Gasteiger partial charge on any atom is -0.619 e. The highest BCUT2D eigenvalue weighted by Gasteiger charge is 2.22. The molecule has 35 heavy (non-hydrogen) atoms. The lowest BCUT2D eigenvalue weighted by Gasteiger charge is -2.26. The van der Waals surface area contributed by atoms with Gasteiger partial charge in [-0.1, -0.05) is 6.42 Å². The molecular weight excluding hydrogens is 460 g/mol. The SMILES string of the molecule is COc1ccc2c(C(=O)c3ccc(OCCN4CCCCC4)cc3)c(-c3cc[n+]([O-])cc3)sc2c1. The summed E-state index contributed by atoms with van der Waals surface area (Å²) in [6, 6.07) is 16.6. The maximum atomic E-state index is 13.7. The van der Waals surface area contributed by atoms with Gasteiger partial charge in [-0.25, -0.2) is 0 Å². The monoisotopic (exact) mass is 488 g/mol. The molecule has 3 heterocycles. The van der Waals surface area contributed by atoms with Gasteiger partial charge < -0.3 is 14.7 Å². The largest absolute Gasteiger partial charge is 0.619 e. The van der Waals surface area contributed by atoms with Gasteiger partial charge in [0.05, 0.1) is 7.11 Å². The number of hydrogen-bond acceptors (Lipinski definition) is 6. The summed E-state index contributed by atoms with van der Waals surface area (Å²) in [5, 5.41) is 12.4. The zero-order valence-corrected chi connectivity index (χ0v) is 20.6. The number of fused-ring (bicyclic) bond motifs is 1. The smallest absolute Gasteiger partial charge is 0.195 e. The maximum absolute atomic E-state index is 13.7. The minimum absolute atomic E-state index is 0.0601.